The molecule has 5 heteroatoms. The fourth-order valence-electron chi connectivity index (χ4n) is 0. The van der Waals surface area contributed by atoms with Gasteiger partial charge < -0.3 is 0 Å². The third-order valence-electron chi connectivity index (χ3n) is 0. The zero-order valence-corrected chi connectivity index (χ0v) is 4.89. The summed E-state index contributed by atoms with van der Waals surface area (Å²) < 4.78 is 18.1. The zero-order chi connectivity index (χ0) is 3.58. The van der Waals surface area contributed by atoms with Crippen molar-refractivity contribution in [1.29, 1.82) is 0 Å². The standard InChI is InChI=1S/Al.Li.O2P/c;;1-3-2. The fourth-order valence-corrected chi connectivity index (χ4v) is 0. The summed E-state index contributed by atoms with van der Waals surface area (Å²) in [4.78, 5) is 0. The molecule has 0 aliphatic carbocycles. The summed E-state index contributed by atoms with van der Waals surface area (Å²) in [5, 5.41) is 0. The van der Waals surface area contributed by atoms with Gasteiger partial charge in [0.25, 0.3) is 0 Å². The summed E-state index contributed by atoms with van der Waals surface area (Å²) in [7, 11) is 0. The van der Waals surface area contributed by atoms with Crippen molar-refractivity contribution in [1.82, 2.24) is 0 Å². The predicted octanol–water partition coefficient (Wildman–Crippen LogP) is -0.138. The monoisotopic (exact) mass is 97.0 g/mol. The van der Waals surface area contributed by atoms with Gasteiger partial charge in [0, 0.05) is 17.4 Å². The Morgan fingerprint density at radius 1 is 1.40 bits per heavy atom. The van der Waals surface area contributed by atoms with Crippen LogP contribution < -0.4 is 0 Å². The molecular weight excluding hydrogens is 96.9 g/mol. The van der Waals surface area contributed by atoms with Crippen molar-refractivity contribution in [3.63, 3.8) is 0 Å². The molecule has 0 amide bonds. The molecule has 5 heavy (non-hydrogen) atoms. The van der Waals surface area contributed by atoms with E-state index in [0.29, 0.717) is 0 Å². The van der Waals surface area contributed by atoms with E-state index in [1.807, 2.05) is 0 Å². The molecule has 0 saturated heterocycles. The maximum absolute atomic E-state index is 9.04. The molecule has 0 fully saturated rings. The fraction of sp³-hybridized carbons (Fsp3) is 0. The molecule has 0 aliphatic rings. The van der Waals surface area contributed by atoms with E-state index in [-0.39, 0.29) is 17.4 Å². The SMILES string of the molecule is [Al].[Li][P](=O)=O. The molecule has 0 unspecified atom stereocenters. The van der Waals surface area contributed by atoms with E-state index >= 15 is 0 Å². The summed E-state index contributed by atoms with van der Waals surface area (Å²) in [5.41, 5.74) is 0. The van der Waals surface area contributed by atoms with Crippen LogP contribution in [0.4, 0.5) is 0 Å². The van der Waals surface area contributed by atoms with Gasteiger partial charge in [-0.15, -0.1) is 0 Å². The minimum atomic E-state index is -2.12. The Labute approximate surface area is 50.0 Å². The van der Waals surface area contributed by atoms with Crippen molar-refractivity contribution >= 4 is 40.7 Å². The summed E-state index contributed by atoms with van der Waals surface area (Å²) >= 11 is 1.12. The molecule has 0 spiro atoms. The van der Waals surface area contributed by atoms with Crippen LogP contribution in [0, 0.1) is 0 Å². The van der Waals surface area contributed by atoms with Gasteiger partial charge in [0.1, 0.15) is 0 Å². The Bertz CT molecular complexity index is 58.0. The molecule has 2 nitrogen and oxygen atoms in total. The van der Waals surface area contributed by atoms with Crippen LogP contribution in [0.5, 0.6) is 0 Å². The molecule has 0 rings (SSSR count). The molecule has 0 N–H and O–H groups in total. The Morgan fingerprint density at radius 3 is 1.40 bits per heavy atom. The van der Waals surface area contributed by atoms with Crippen molar-refractivity contribution in [2.75, 3.05) is 0 Å². The number of hydrogen-bond acceptors (Lipinski definition) is 2. The maximum atomic E-state index is 9.04. The quantitative estimate of drug-likeness (QED) is 0.311. The van der Waals surface area contributed by atoms with Gasteiger partial charge >= 0.3 is 32.5 Å². The van der Waals surface area contributed by atoms with Crippen LogP contribution in [0.25, 0.3) is 0 Å². The van der Waals surface area contributed by atoms with Crippen LogP contribution in [0.1, 0.15) is 0 Å². The second-order valence-electron chi connectivity index (χ2n) is 0.440. The first-order chi connectivity index (χ1) is 1.73. The van der Waals surface area contributed by atoms with E-state index in [2.05, 4.69) is 0 Å². The van der Waals surface area contributed by atoms with Gasteiger partial charge in [-0.25, -0.2) is 0 Å². The van der Waals surface area contributed by atoms with Gasteiger partial charge in [-0.3, -0.25) is 0 Å². The van der Waals surface area contributed by atoms with Crippen LogP contribution in [-0.4, -0.2) is 34.6 Å². The number of hydrogen-bond donors (Lipinski definition) is 0. The predicted molar refractivity (Wildman–Crippen MR) is 19.8 cm³/mol. The van der Waals surface area contributed by atoms with Gasteiger partial charge in [-0.1, -0.05) is 0 Å². The topological polar surface area (TPSA) is 34.1 Å². The molecule has 0 aromatic heterocycles. The first-order valence-electron chi connectivity index (χ1n) is 0.812. The third kappa shape index (κ3) is 43.5. The first-order valence-corrected chi connectivity index (χ1v) is 2.44. The van der Waals surface area contributed by atoms with Gasteiger partial charge in [0.15, 0.2) is 0 Å². The van der Waals surface area contributed by atoms with Crippen molar-refractivity contribution < 1.29 is 9.13 Å². The normalized spacial score (nSPS) is 5.20. The van der Waals surface area contributed by atoms with Gasteiger partial charge in [0.05, 0.1) is 0 Å². The Morgan fingerprint density at radius 2 is 1.40 bits per heavy atom. The van der Waals surface area contributed by atoms with Crippen molar-refractivity contribution in [3.05, 3.63) is 0 Å². The minimum absolute atomic E-state index is 0. The van der Waals surface area contributed by atoms with Crippen LogP contribution >= 0.6 is 6.10 Å². The van der Waals surface area contributed by atoms with Crippen LogP contribution in [0.2, 0.25) is 0 Å². The Balaban J connectivity index is 0. The van der Waals surface area contributed by atoms with Crippen molar-refractivity contribution in [2.24, 2.45) is 0 Å². The van der Waals surface area contributed by atoms with Crippen LogP contribution in [0.3, 0.4) is 0 Å². The summed E-state index contributed by atoms with van der Waals surface area (Å²) in [5.74, 6) is 0. The molecule has 3 radical (unpaired) electrons. The summed E-state index contributed by atoms with van der Waals surface area (Å²) in [6.07, 6.45) is -2.12. The molecule has 21 valence electrons. The summed E-state index contributed by atoms with van der Waals surface area (Å²) in [6.45, 7) is 0. The molecule has 0 aromatic carbocycles. The van der Waals surface area contributed by atoms with Crippen LogP contribution in [0.15, 0.2) is 0 Å². The molecule has 0 atom stereocenters. The summed E-state index contributed by atoms with van der Waals surface area (Å²) in [6, 6.07) is 0. The van der Waals surface area contributed by atoms with E-state index in [9.17, 15) is 0 Å². The number of rotatable bonds is 0. The zero-order valence-electron chi connectivity index (χ0n) is 2.84. The first kappa shape index (κ1) is 9.39. The average Bonchev–Trinajstić information content (AvgIpc) is 0.811. The van der Waals surface area contributed by atoms with Crippen molar-refractivity contribution in [3.8, 4) is 0 Å². The van der Waals surface area contributed by atoms with E-state index in [0.717, 1.165) is 17.2 Å². The van der Waals surface area contributed by atoms with Gasteiger partial charge in [0.2, 0.25) is 0 Å². The molecule has 0 aliphatic heterocycles. The molecule has 0 saturated carbocycles. The Hall–Kier alpha value is 1.03. The third-order valence-corrected chi connectivity index (χ3v) is 0. The second-order valence-corrected chi connectivity index (χ2v) is 1.32. The van der Waals surface area contributed by atoms with Gasteiger partial charge in [-0.2, -0.15) is 0 Å². The average molecular weight is 96.9 g/mol. The molecule has 0 aromatic rings. The molecular formula is AlLiO2P. The van der Waals surface area contributed by atoms with E-state index in [4.69, 9.17) is 9.13 Å². The van der Waals surface area contributed by atoms with E-state index in [1.165, 1.54) is 0 Å². The van der Waals surface area contributed by atoms with Gasteiger partial charge in [-0.05, 0) is 0 Å². The van der Waals surface area contributed by atoms with E-state index in [1.54, 1.807) is 0 Å². The second kappa shape index (κ2) is 5.03. The molecule has 0 bridgehead atoms. The van der Waals surface area contributed by atoms with Crippen LogP contribution in [-0.2, 0) is 9.13 Å². The van der Waals surface area contributed by atoms with E-state index < -0.39 is 6.10 Å². The molecule has 0 heterocycles. The Kier molecular flexibility index (Phi) is 9.45. The van der Waals surface area contributed by atoms with Crippen molar-refractivity contribution in [2.45, 2.75) is 0 Å².